The molecule has 3 aromatic rings. The van der Waals surface area contributed by atoms with Crippen molar-refractivity contribution in [3.8, 4) is 11.8 Å². The van der Waals surface area contributed by atoms with Crippen LogP contribution in [-0.2, 0) is 4.79 Å². The number of amides is 2. The van der Waals surface area contributed by atoms with Gasteiger partial charge >= 0.3 is 0 Å². The first-order chi connectivity index (χ1) is 16.8. The summed E-state index contributed by atoms with van der Waals surface area (Å²) in [4.78, 5) is 30.5. The number of aromatic nitrogens is 3. The molecule has 2 amide bonds. The first-order valence-corrected chi connectivity index (χ1v) is 11.7. The summed E-state index contributed by atoms with van der Waals surface area (Å²) in [6, 6.07) is 10.4. The Hall–Kier alpha value is -3.70. The van der Waals surface area contributed by atoms with E-state index in [1.165, 1.54) is 18.5 Å². The minimum absolute atomic E-state index is 0.0601. The van der Waals surface area contributed by atoms with Gasteiger partial charge in [0.05, 0.1) is 17.3 Å². The number of halogens is 2. The van der Waals surface area contributed by atoms with Crippen molar-refractivity contribution in [3.05, 3.63) is 76.5 Å². The first-order valence-electron chi connectivity index (χ1n) is 11.4. The molecular weight excluding hydrogens is 469 g/mol. The Bertz CT molecular complexity index is 1290. The molecule has 1 N–H and O–H groups in total. The van der Waals surface area contributed by atoms with Crippen LogP contribution in [0.2, 0.25) is 5.02 Å². The van der Waals surface area contributed by atoms with Gasteiger partial charge in [0.25, 0.3) is 5.91 Å². The zero-order chi connectivity index (χ0) is 24.9. The van der Waals surface area contributed by atoms with Gasteiger partial charge in [0.1, 0.15) is 5.69 Å². The highest BCUT2D eigenvalue weighted by atomic mass is 35.5. The number of nitrogens with zero attached hydrogens (tertiary/aromatic N) is 4. The van der Waals surface area contributed by atoms with Crippen LogP contribution in [0.1, 0.15) is 54.3 Å². The van der Waals surface area contributed by atoms with Crippen molar-refractivity contribution in [2.75, 3.05) is 18.4 Å². The largest absolute Gasteiger partial charge is 0.343 e. The predicted octanol–water partition coefficient (Wildman–Crippen LogP) is 4.54. The number of pyridine rings is 1. The summed E-state index contributed by atoms with van der Waals surface area (Å²) < 4.78 is 16.3. The lowest BCUT2D eigenvalue weighted by Crippen LogP contribution is -2.39. The van der Waals surface area contributed by atoms with Crippen LogP contribution >= 0.6 is 11.6 Å². The van der Waals surface area contributed by atoms with Gasteiger partial charge in [-0.25, -0.2) is 9.37 Å². The van der Waals surface area contributed by atoms with Crippen molar-refractivity contribution in [1.29, 1.82) is 0 Å². The second-order valence-corrected chi connectivity index (χ2v) is 8.90. The molecule has 7 nitrogen and oxygen atoms in total. The molecule has 0 bridgehead atoms. The van der Waals surface area contributed by atoms with E-state index < -0.39 is 11.7 Å². The Labute approximate surface area is 208 Å². The summed E-state index contributed by atoms with van der Waals surface area (Å²) in [5.74, 6) is 4.56. The van der Waals surface area contributed by atoms with Crippen molar-refractivity contribution in [2.45, 2.75) is 32.7 Å². The van der Waals surface area contributed by atoms with Gasteiger partial charge in [0.15, 0.2) is 11.6 Å². The van der Waals surface area contributed by atoms with Crippen LogP contribution < -0.4 is 5.32 Å². The lowest BCUT2D eigenvalue weighted by atomic mass is 9.90. The highest BCUT2D eigenvalue weighted by Gasteiger charge is 2.30. The van der Waals surface area contributed by atoms with Gasteiger partial charge in [-0.15, -0.1) is 0 Å². The second kappa shape index (κ2) is 10.7. The maximum Gasteiger partial charge on any atom is 0.276 e. The highest BCUT2D eigenvalue weighted by molar-refractivity contribution is 6.34. The topological polar surface area (TPSA) is 80.1 Å². The number of piperidine rings is 1. The number of anilines is 1. The van der Waals surface area contributed by atoms with Crippen LogP contribution in [0, 0.1) is 23.6 Å². The Morgan fingerprint density at radius 1 is 1.14 bits per heavy atom. The number of benzene rings is 1. The van der Waals surface area contributed by atoms with Crippen molar-refractivity contribution in [2.24, 2.45) is 5.92 Å². The van der Waals surface area contributed by atoms with E-state index in [9.17, 15) is 14.0 Å². The maximum atomic E-state index is 14.7. The molecule has 3 heterocycles. The molecule has 1 aromatic carbocycles. The van der Waals surface area contributed by atoms with Crippen LogP contribution in [-0.4, -0.2) is 44.6 Å². The average molecular weight is 494 g/mol. The van der Waals surface area contributed by atoms with Gasteiger partial charge in [-0.3, -0.25) is 14.3 Å². The van der Waals surface area contributed by atoms with E-state index in [1.54, 1.807) is 11.6 Å². The van der Waals surface area contributed by atoms with E-state index in [2.05, 4.69) is 27.2 Å². The molecule has 0 radical (unpaired) electrons. The molecule has 2 aromatic heterocycles. The average Bonchev–Trinajstić information content (AvgIpc) is 3.25. The zero-order valence-corrected chi connectivity index (χ0v) is 20.2. The Balaban J connectivity index is 1.47. The molecule has 180 valence electrons. The van der Waals surface area contributed by atoms with Gasteiger partial charge < -0.3 is 10.2 Å². The maximum absolute atomic E-state index is 14.7. The Morgan fingerprint density at radius 2 is 1.83 bits per heavy atom. The highest BCUT2D eigenvalue weighted by Crippen LogP contribution is 2.31. The Morgan fingerprint density at radius 3 is 2.49 bits per heavy atom. The van der Waals surface area contributed by atoms with Crippen molar-refractivity contribution in [1.82, 2.24) is 19.7 Å². The van der Waals surface area contributed by atoms with Crippen LogP contribution in [0.25, 0.3) is 0 Å². The summed E-state index contributed by atoms with van der Waals surface area (Å²) in [6.45, 7) is 4.85. The van der Waals surface area contributed by atoms with Crippen LogP contribution in [0.15, 0.2) is 48.8 Å². The standard InChI is InChI=1S/C26H25ClFN5O2/c1-17(21-10-12-32(13-11-21)18(2)34)33-24(22(27)16-30-33)26(35)31-25-23(28)14-20(15-29-25)9-8-19-6-4-3-5-7-19/h3-7,14-17,21H,10-13H2,1-2H3,(H,29,31,35). The van der Waals surface area contributed by atoms with Gasteiger partial charge in [-0.1, -0.05) is 41.6 Å². The lowest BCUT2D eigenvalue weighted by molar-refractivity contribution is -0.130. The van der Waals surface area contributed by atoms with Gasteiger partial charge in [-0.05, 0) is 43.9 Å². The second-order valence-electron chi connectivity index (χ2n) is 8.49. The van der Waals surface area contributed by atoms with Crippen LogP contribution in [0.3, 0.4) is 0 Å². The van der Waals surface area contributed by atoms with Gasteiger partial charge in [0.2, 0.25) is 5.91 Å². The van der Waals surface area contributed by atoms with Crippen LogP contribution in [0.4, 0.5) is 10.2 Å². The van der Waals surface area contributed by atoms with Gasteiger partial charge in [0, 0.05) is 37.3 Å². The summed E-state index contributed by atoms with van der Waals surface area (Å²) in [7, 11) is 0. The number of hydrogen-bond donors (Lipinski definition) is 1. The monoisotopic (exact) mass is 493 g/mol. The van der Waals surface area contributed by atoms with E-state index in [0.29, 0.717) is 18.7 Å². The molecule has 1 fully saturated rings. The summed E-state index contributed by atoms with van der Waals surface area (Å²) in [5, 5.41) is 6.98. The molecular formula is C26H25ClFN5O2. The third-order valence-electron chi connectivity index (χ3n) is 6.22. The minimum Gasteiger partial charge on any atom is -0.343 e. The van der Waals surface area contributed by atoms with Crippen molar-refractivity contribution >= 4 is 29.2 Å². The molecule has 1 atom stereocenters. The van der Waals surface area contributed by atoms with E-state index in [0.717, 1.165) is 18.4 Å². The molecule has 0 saturated carbocycles. The Kier molecular flexibility index (Phi) is 7.47. The minimum atomic E-state index is -0.704. The normalized spacial score (nSPS) is 14.7. The number of hydrogen-bond acceptors (Lipinski definition) is 4. The van der Waals surface area contributed by atoms with E-state index in [4.69, 9.17) is 11.6 Å². The smallest absolute Gasteiger partial charge is 0.276 e. The zero-order valence-electron chi connectivity index (χ0n) is 19.5. The fourth-order valence-electron chi connectivity index (χ4n) is 4.19. The summed E-state index contributed by atoms with van der Waals surface area (Å²) in [6.07, 6.45) is 4.39. The number of likely N-dealkylation sites (tertiary alicyclic amines) is 1. The number of carbonyl (C=O) groups excluding carboxylic acids is 2. The lowest BCUT2D eigenvalue weighted by Gasteiger charge is -2.34. The third kappa shape index (κ3) is 5.69. The molecule has 9 heteroatoms. The van der Waals surface area contributed by atoms with Gasteiger partial charge in [-0.2, -0.15) is 5.10 Å². The number of carbonyl (C=O) groups is 2. The molecule has 4 rings (SSSR count). The van der Waals surface area contributed by atoms with Crippen LogP contribution in [0.5, 0.6) is 0 Å². The quantitative estimate of drug-likeness (QED) is 0.541. The SMILES string of the molecule is CC(=O)N1CCC(C(C)n2ncc(Cl)c2C(=O)Nc2ncc(C#Cc3ccccc3)cc2F)CC1. The number of nitrogens with one attached hydrogen (secondary N) is 1. The van der Waals surface area contributed by atoms with E-state index in [-0.39, 0.29) is 34.4 Å². The van der Waals surface area contributed by atoms with E-state index >= 15 is 0 Å². The molecule has 1 saturated heterocycles. The molecule has 1 aliphatic rings. The molecule has 1 aliphatic heterocycles. The first kappa shape index (κ1) is 24.4. The van der Waals surface area contributed by atoms with Crippen molar-refractivity contribution in [3.63, 3.8) is 0 Å². The molecule has 1 unspecified atom stereocenters. The molecule has 35 heavy (non-hydrogen) atoms. The summed E-state index contributed by atoms with van der Waals surface area (Å²) in [5.41, 5.74) is 1.33. The summed E-state index contributed by atoms with van der Waals surface area (Å²) >= 11 is 6.29. The number of rotatable bonds is 4. The third-order valence-corrected chi connectivity index (χ3v) is 6.49. The predicted molar refractivity (Wildman–Crippen MR) is 131 cm³/mol. The molecule has 0 aliphatic carbocycles. The molecule has 0 spiro atoms. The van der Waals surface area contributed by atoms with E-state index in [1.807, 2.05) is 42.2 Å². The fourth-order valence-corrected chi connectivity index (χ4v) is 4.41. The van der Waals surface area contributed by atoms with Crippen molar-refractivity contribution < 1.29 is 14.0 Å². The fraction of sp³-hybridized carbons (Fsp3) is 0.308.